The number of aromatic nitrogens is 1. The summed E-state index contributed by atoms with van der Waals surface area (Å²) in [5.74, 6) is 1.25. The van der Waals surface area contributed by atoms with E-state index >= 15 is 0 Å². The van der Waals surface area contributed by atoms with Crippen LogP contribution in [0.1, 0.15) is 5.56 Å². The first-order valence-electron chi connectivity index (χ1n) is 5.20. The molecule has 0 unspecified atom stereocenters. The van der Waals surface area contributed by atoms with Gasteiger partial charge < -0.3 is 10.1 Å². The van der Waals surface area contributed by atoms with Crippen molar-refractivity contribution in [2.24, 2.45) is 0 Å². The summed E-state index contributed by atoms with van der Waals surface area (Å²) in [7, 11) is 1.61. The summed E-state index contributed by atoms with van der Waals surface area (Å²) >= 11 is 3.43. The Morgan fingerprint density at radius 3 is 2.94 bits per heavy atom. The van der Waals surface area contributed by atoms with Gasteiger partial charge in [-0.05, 0) is 40.2 Å². The SMILES string of the molecule is COc1ccc(Br)c(Nc2ncccc2C#N)c1. The van der Waals surface area contributed by atoms with E-state index in [-0.39, 0.29) is 0 Å². The fraction of sp³-hybridized carbons (Fsp3) is 0.0769. The minimum absolute atomic E-state index is 0.493. The van der Waals surface area contributed by atoms with Gasteiger partial charge in [0.2, 0.25) is 0 Å². The van der Waals surface area contributed by atoms with Crippen LogP contribution in [-0.4, -0.2) is 12.1 Å². The zero-order valence-corrected chi connectivity index (χ0v) is 11.2. The Morgan fingerprint density at radius 2 is 2.22 bits per heavy atom. The molecule has 90 valence electrons. The molecule has 0 radical (unpaired) electrons. The quantitative estimate of drug-likeness (QED) is 0.943. The number of methoxy groups -OCH3 is 1. The lowest BCUT2D eigenvalue weighted by molar-refractivity contribution is 0.415. The van der Waals surface area contributed by atoms with Crippen molar-refractivity contribution < 1.29 is 4.74 Å². The maximum absolute atomic E-state index is 9.00. The summed E-state index contributed by atoms with van der Waals surface area (Å²) in [6, 6.07) is 11.1. The molecule has 1 N–H and O–H groups in total. The smallest absolute Gasteiger partial charge is 0.148 e. The highest BCUT2D eigenvalue weighted by Gasteiger charge is 2.06. The Labute approximate surface area is 113 Å². The van der Waals surface area contributed by atoms with Crippen LogP contribution in [0.3, 0.4) is 0 Å². The second kappa shape index (κ2) is 5.52. The Kier molecular flexibility index (Phi) is 3.80. The van der Waals surface area contributed by atoms with E-state index in [1.807, 2.05) is 18.2 Å². The number of benzene rings is 1. The molecule has 1 heterocycles. The van der Waals surface area contributed by atoms with Crippen molar-refractivity contribution in [1.82, 2.24) is 4.98 Å². The van der Waals surface area contributed by atoms with Gasteiger partial charge in [0.15, 0.2) is 0 Å². The van der Waals surface area contributed by atoms with E-state index in [0.717, 1.165) is 15.9 Å². The van der Waals surface area contributed by atoms with E-state index in [1.54, 1.807) is 25.4 Å². The van der Waals surface area contributed by atoms with E-state index < -0.39 is 0 Å². The maximum atomic E-state index is 9.00. The normalized spacial score (nSPS) is 9.61. The van der Waals surface area contributed by atoms with Crippen LogP contribution >= 0.6 is 15.9 Å². The second-order valence-electron chi connectivity index (χ2n) is 3.48. The number of nitrogens with one attached hydrogen (secondary N) is 1. The third-order valence-corrected chi connectivity index (χ3v) is 3.05. The molecule has 0 spiro atoms. The van der Waals surface area contributed by atoms with Crippen LogP contribution in [0.25, 0.3) is 0 Å². The Bertz CT molecular complexity index is 607. The number of halogens is 1. The van der Waals surface area contributed by atoms with Gasteiger partial charge in [0.05, 0.1) is 18.4 Å². The van der Waals surface area contributed by atoms with E-state index in [4.69, 9.17) is 10.00 Å². The first kappa shape index (κ1) is 12.4. The van der Waals surface area contributed by atoms with Crippen molar-refractivity contribution in [1.29, 1.82) is 5.26 Å². The van der Waals surface area contributed by atoms with Crippen molar-refractivity contribution in [2.75, 3.05) is 12.4 Å². The highest BCUT2D eigenvalue weighted by Crippen LogP contribution is 2.29. The molecule has 1 aromatic heterocycles. The van der Waals surface area contributed by atoms with E-state index in [9.17, 15) is 0 Å². The minimum atomic E-state index is 0.493. The Morgan fingerprint density at radius 1 is 1.39 bits per heavy atom. The van der Waals surface area contributed by atoms with Gasteiger partial charge in [-0.3, -0.25) is 0 Å². The standard InChI is InChI=1S/C13H10BrN3O/c1-18-10-4-5-11(14)12(7-10)17-13-9(8-15)3-2-6-16-13/h2-7H,1H3,(H,16,17). The molecule has 0 aliphatic rings. The van der Waals surface area contributed by atoms with E-state index in [0.29, 0.717) is 11.4 Å². The molecule has 18 heavy (non-hydrogen) atoms. The molecule has 0 saturated heterocycles. The summed E-state index contributed by atoms with van der Waals surface area (Å²) in [5.41, 5.74) is 1.29. The van der Waals surface area contributed by atoms with Crippen molar-refractivity contribution >= 4 is 27.4 Å². The number of pyridine rings is 1. The minimum Gasteiger partial charge on any atom is -0.497 e. The molecule has 2 aromatic rings. The van der Waals surface area contributed by atoms with Gasteiger partial charge in [0.25, 0.3) is 0 Å². The highest BCUT2D eigenvalue weighted by molar-refractivity contribution is 9.10. The van der Waals surface area contributed by atoms with Gasteiger partial charge in [-0.15, -0.1) is 0 Å². The van der Waals surface area contributed by atoms with Crippen LogP contribution in [0.2, 0.25) is 0 Å². The number of anilines is 2. The van der Waals surface area contributed by atoms with Gasteiger partial charge in [0.1, 0.15) is 17.6 Å². The summed E-state index contributed by atoms with van der Waals surface area (Å²) < 4.78 is 6.03. The molecule has 2 rings (SSSR count). The van der Waals surface area contributed by atoms with Gasteiger partial charge in [-0.25, -0.2) is 4.98 Å². The Hall–Kier alpha value is -2.06. The molecule has 0 saturated carbocycles. The summed E-state index contributed by atoms with van der Waals surface area (Å²) in [6.07, 6.45) is 1.64. The predicted octanol–water partition coefficient (Wildman–Crippen LogP) is 3.47. The first-order valence-corrected chi connectivity index (χ1v) is 5.99. The molecule has 0 fully saturated rings. The highest BCUT2D eigenvalue weighted by atomic mass is 79.9. The fourth-order valence-electron chi connectivity index (χ4n) is 1.45. The van der Waals surface area contributed by atoms with Crippen LogP contribution in [0.4, 0.5) is 11.5 Å². The summed E-state index contributed by atoms with van der Waals surface area (Å²) in [6.45, 7) is 0. The Balaban J connectivity index is 2.37. The zero-order chi connectivity index (χ0) is 13.0. The molecule has 5 heteroatoms. The molecule has 0 aliphatic heterocycles. The fourth-order valence-corrected chi connectivity index (χ4v) is 1.80. The topological polar surface area (TPSA) is 57.9 Å². The van der Waals surface area contributed by atoms with E-state index in [2.05, 4.69) is 32.3 Å². The number of nitriles is 1. The van der Waals surface area contributed by atoms with Crippen molar-refractivity contribution in [3.63, 3.8) is 0 Å². The maximum Gasteiger partial charge on any atom is 0.148 e. The first-order chi connectivity index (χ1) is 8.74. The lowest BCUT2D eigenvalue weighted by Gasteiger charge is -2.10. The molecule has 0 aliphatic carbocycles. The van der Waals surface area contributed by atoms with Crippen LogP contribution < -0.4 is 10.1 Å². The van der Waals surface area contributed by atoms with Gasteiger partial charge >= 0.3 is 0 Å². The van der Waals surface area contributed by atoms with Crippen LogP contribution in [0, 0.1) is 11.3 Å². The van der Waals surface area contributed by atoms with Crippen molar-refractivity contribution in [2.45, 2.75) is 0 Å². The third kappa shape index (κ3) is 2.60. The molecule has 4 nitrogen and oxygen atoms in total. The van der Waals surface area contributed by atoms with Crippen molar-refractivity contribution in [3.05, 3.63) is 46.6 Å². The third-order valence-electron chi connectivity index (χ3n) is 2.35. The predicted molar refractivity (Wildman–Crippen MR) is 72.9 cm³/mol. The molecule has 0 atom stereocenters. The molecular formula is C13H10BrN3O. The second-order valence-corrected chi connectivity index (χ2v) is 4.34. The number of nitrogens with zero attached hydrogens (tertiary/aromatic N) is 2. The largest absolute Gasteiger partial charge is 0.497 e. The average Bonchev–Trinajstić information content (AvgIpc) is 2.42. The molecular weight excluding hydrogens is 294 g/mol. The summed E-state index contributed by atoms with van der Waals surface area (Å²) in [5, 5.41) is 12.1. The van der Waals surface area contributed by atoms with Crippen LogP contribution in [-0.2, 0) is 0 Å². The lowest BCUT2D eigenvalue weighted by Crippen LogP contribution is -1.97. The zero-order valence-electron chi connectivity index (χ0n) is 9.64. The number of hydrogen-bond donors (Lipinski definition) is 1. The molecule has 0 bridgehead atoms. The average molecular weight is 304 g/mol. The van der Waals surface area contributed by atoms with Crippen LogP contribution in [0.15, 0.2) is 41.0 Å². The number of ether oxygens (including phenoxy) is 1. The monoisotopic (exact) mass is 303 g/mol. The van der Waals surface area contributed by atoms with Gasteiger partial charge in [-0.1, -0.05) is 0 Å². The molecule has 0 amide bonds. The van der Waals surface area contributed by atoms with Crippen molar-refractivity contribution in [3.8, 4) is 11.8 Å². The van der Waals surface area contributed by atoms with Gasteiger partial charge in [-0.2, -0.15) is 5.26 Å². The lowest BCUT2D eigenvalue weighted by atomic mass is 10.2. The van der Waals surface area contributed by atoms with E-state index in [1.165, 1.54) is 0 Å². The number of hydrogen-bond acceptors (Lipinski definition) is 4. The molecule has 1 aromatic carbocycles. The number of rotatable bonds is 3. The van der Waals surface area contributed by atoms with Crippen LogP contribution in [0.5, 0.6) is 5.75 Å². The summed E-state index contributed by atoms with van der Waals surface area (Å²) in [4.78, 5) is 4.15. The van der Waals surface area contributed by atoms with Gasteiger partial charge in [0, 0.05) is 16.7 Å².